The fraction of sp³-hybridized carbons (Fsp3) is 0.250. The molecule has 3 rings (SSSR count). The Bertz CT molecular complexity index is 963. The van der Waals surface area contributed by atoms with Crippen LogP contribution in [0.15, 0.2) is 33.6 Å². The van der Waals surface area contributed by atoms with E-state index in [9.17, 15) is 18.0 Å². The van der Waals surface area contributed by atoms with Crippen LogP contribution >= 0.6 is 27.3 Å². The van der Waals surface area contributed by atoms with Crippen LogP contribution in [-0.2, 0) is 27.6 Å². The number of methoxy groups -OCH3 is 1. The van der Waals surface area contributed by atoms with Crippen molar-refractivity contribution in [2.75, 3.05) is 7.11 Å². The number of carbonyl (C=O) groups is 2. The molecule has 0 saturated heterocycles. The molecule has 0 radical (unpaired) electrons. The highest BCUT2D eigenvalue weighted by atomic mass is 79.9. The number of hydrazine groups is 1. The quantitative estimate of drug-likeness (QED) is 0.528. The molecular formula is C16H15BrN2O5S2. The second-order valence-electron chi connectivity index (χ2n) is 5.60. The van der Waals surface area contributed by atoms with Crippen LogP contribution in [-0.4, -0.2) is 27.4 Å². The first-order valence-electron chi connectivity index (χ1n) is 7.63. The first-order valence-corrected chi connectivity index (χ1v) is 10.7. The van der Waals surface area contributed by atoms with Crippen LogP contribution in [0.1, 0.15) is 36.9 Å². The third kappa shape index (κ3) is 3.83. The van der Waals surface area contributed by atoms with Gasteiger partial charge >= 0.3 is 5.97 Å². The molecule has 0 unspecified atom stereocenters. The Morgan fingerprint density at radius 3 is 2.69 bits per heavy atom. The minimum absolute atomic E-state index is 0.140. The zero-order chi connectivity index (χ0) is 18.9. The van der Waals surface area contributed by atoms with E-state index < -0.39 is 21.9 Å². The molecule has 0 fully saturated rings. The molecule has 1 aliphatic carbocycles. The second-order valence-corrected chi connectivity index (χ2v) is 9.31. The predicted octanol–water partition coefficient (Wildman–Crippen LogP) is 2.41. The highest BCUT2D eigenvalue weighted by Crippen LogP contribution is 2.30. The average molecular weight is 459 g/mol. The predicted molar refractivity (Wildman–Crippen MR) is 99.6 cm³/mol. The molecule has 0 bridgehead atoms. The zero-order valence-electron chi connectivity index (χ0n) is 13.7. The van der Waals surface area contributed by atoms with Gasteiger partial charge in [-0.25, -0.2) is 13.2 Å². The monoisotopic (exact) mass is 458 g/mol. The average Bonchev–Trinajstić information content (AvgIpc) is 3.20. The van der Waals surface area contributed by atoms with Gasteiger partial charge < -0.3 is 4.74 Å². The van der Waals surface area contributed by atoms with Crippen molar-refractivity contribution in [1.29, 1.82) is 0 Å². The van der Waals surface area contributed by atoms with E-state index in [4.69, 9.17) is 0 Å². The van der Waals surface area contributed by atoms with Crippen molar-refractivity contribution in [1.82, 2.24) is 10.3 Å². The van der Waals surface area contributed by atoms with E-state index in [1.807, 2.05) is 4.83 Å². The number of hydrogen-bond acceptors (Lipinski definition) is 6. The topological polar surface area (TPSA) is 102 Å². The largest absolute Gasteiger partial charge is 0.465 e. The van der Waals surface area contributed by atoms with Gasteiger partial charge in [0.1, 0.15) is 0 Å². The van der Waals surface area contributed by atoms with Crippen molar-refractivity contribution >= 4 is 49.2 Å². The Kier molecular flexibility index (Phi) is 5.47. The normalized spacial score (nSPS) is 13.3. The maximum Gasteiger partial charge on any atom is 0.339 e. The summed E-state index contributed by atoms with van der Waals surface area (Å²) in [4.78, 5) is 27.4. The number of hydrogen-bond donors (Lipinski definition) is 2. The Morgan fingerprint density at radius 1 is 1.23 bits per heavy atom. The summed E-state index contributed by atoms with van der Waals surface area (Å²) < 4.78 is 30.2. The van der Waals surface area contributed by atoms with Crippen molar-refractivity contribution in [3.8, 4) is 0 Å². The van der Waals surface area contributed by atoms with E-state index >= 15 is 0 Å². The van der Waals surface area contributed by atoms with Crippen molar-refractivity contribution in [3.05, 3.63) is 49.6 Å². The summed E-state index contributed by atoms with van der Waals surface area (Å²) in [7, 11) is -3.00. The van der Waals surface area contributed by atoms with Crippen LogP contribution in [0.3, 0.4) is 0 Å². The molecule has 0 saturated carbocycles. The van der Waals surface area contributed by atoms with Crippen molar-refractivity contribution in [2.24, 2.45) is 0 Å². The first-order chi connectivity index (χ1) is 12.3. The SMILES string of the molecule is COC(=O)c1cc(Br)ccc1S(=O)(=O)NNC(=O)c1cc2c(s1)CCC2. The van der Waals surface area contributed by atoms with E-state index in [-0.39, 0.29) is 10.5 Å². The van der Waals surface area contributed by atoms with Crippen molar-refractivity contribution in [2.45, 2.75) is 24.2 Å². The maximum atomic E-state index is 12.5. The molecule has 1 aromatic heterocycles. The number of rotatable bonds is 5. The van der Waals surface area contributed by atoms with Crippen LogP contribution in [0.2, 0.25) is 0 Å². The number of halogens is 1. The number of aryl methyl sites for hydroxylation is 2. The van der Waals surface area contributed by atoms with Crippen molar-refractivity contribution in [3.63, 3.8) is 0 Å². The van der Waals surface area contributed by atoms with Gasteiger partial charge in [0.25, 0.3) is 15.9 Å². The molecule has 2 aromatic rings. The number of thiophene rings is 1. The van der Waals surface area contributed by atoms with E-state index in [0.29, 0.717) is 9.35 Å². The molecule has 138 valence electrons. The van der Waals surface area contributed by atoms with E-state index in [2.05, 4.69) is 26.1 Å². The minimum Gasteiger partial charge on any atom is -0.465 e. The highest BCUT2D eigenvalue weighted by Gasteiger charge is 2.25. The molecule has 1 amide bonds. The Hall–Kier alpha value is -1.75. The van der Waals surface area contributed by atoms with Gasteiger partial charge in [-0.05, 0) is 49.1 Å². The summed E-state index contributed by atoms with van der Waals surface area (Å²) in [5.41, 5.74) is 3.20. The number of amides is 1. The molecule has 2 N–H and O–H groups in total. The molecule has 0 aliphatic heterocycles. The number of fused-ring (bicyclic) bond motifs is 1. The van der Waals surface area contributed by atoms with Crippen LogP contribution in [0, 0.1) is 0 Å². The Labute approximate surface area is 162 Å². The fourth-order valence-electron chi connectivity index (χ4n) is 2.68. The number of esters is 1. The zero-order valence-corrected chi connectivity index (χ0v) is 16.9. The molecule has 1 aliphatic rings. The molecule has 7 nitrogen and oxygen atoms in total. The third-order valence-corrected chi connectivity index (χ3v) is 6.94. The van der Waals surface area contributed by atoms with Gasteiger partial charge in [-0.15, -0.1) is 16.2 Å². The lowest BCUT2D eigenvalue weighted by atomic mass is 10.2. The molecule has 0 atom stereocenters. The highest BCUT2D eigenvalue weighted by molar-refractivity contribution is 9.10. The first kappa shape index (κ1) is 19.0. The number of nitrogens with one attached hydrogen (secondary N) is 2. The van der Waals surface area contributed by atoms with E-state index in [0.717, 1.165) is 31.9 Å². The van der Waals surface area contributed by atoms with Gasteiger partial charge in [0.15, 0.2) is 0 Å². The smallest absolute Gasteiger partial charge is 0.339 e. The molecule has 26 heavy (non-hydrogen) atoms. The van der Waals surface area contributed by atoms with Gasteiger partial charge in [0.05, 0.1) is 22.4 Å². The lowest BCUT2D eigenvalue weighted by Crippen LogP contribution is -2.41. The number of ether oxygens (including phenoxy) is 1. The Morgan fingerprint density at radius 2 is 2.00 bits per heavy atom. The summed E-state index contributed by atoms with van der Waals surface area (Å²) in [6, 6.07) is 5.86. The number of benzene rings is 1. The summed E-state index contributed by atoms with van der Waals surface area (Å²) in [5.74, 6) is -1.34. The van der Waals surface area contributed by atoms with Gasteiger partial charge in [0.2, 0.25) is 0 Å². The molecule has 0 spiro atoms. The van der Waals surface area contributed by atoms with Crippen LogP contribution in [0.5, 0.6) is 0 Å². The summed E-state index contributed by atoms with van der Waals surface area (Å²) in [6.45, 7) is 0. The lowest BCUT2D eigenvalue weighted by molar-refractivity contribution is 0.0596. The van der Waals surface area contributed by atoms with Gasteiger partial charge in [0, 0.05) is 9.35 Å². The maximum absolute atomic E-state index is 12.5. The lowest BCUT2D eigenvalue weighted by Gasteiger charge is -2.11. The summed E-state index contributed by atoms with van der Waals surface area (Å²) in [5, 5.41) is 0. The van der Waals surface area contributed by atoms with Crippen LogP contribution < -0.4 is 10.3 Å². The molecule has 1 heterocycles. The summed E-state index contributed by atoms with van der Waals surface area (Å²) in [6.07, 6.45) is 2.96. The van der Waals surface area contributed by atoms with Crippen LogP contribution in [0.4, 0.5) is 0 Å². The van der Waals surface area contributed by atoms with Gasteiger partial charge in [-0.3, -0.25) is 10.2 Å². The van der Waals surface area contributed by atoms with E-state index in [1.165, 1.54) is 34.4 Å². The Balaban J connectivity index is 1.78. The number of sulfonamides is 1. The third-order valence-electron chi connectivity index (χ3n) is 3.91. The summed E-state index contributed by atoms with van der Waals surface area (Å²) >= 11 is 4.55. The number of carbonyl (C=O) groups excluding carboxylic acids is 2. The van der Waals surface area contributed by atoms with Crippen molar-refractivity contribution < 1.29 is 22.7 Å². The molecule has 1 aromatic carbocycles. The van der Waals surface area contributed by atoms with E-state index in [1.54, 1.807) is 6.07 Å². The van der Waals surface area contributed by atoms with Gasteiger partial charge in [-0.2, -0.15) is 0 Å². The van der Waals surface area contributed by atoms with Gasteiger partial charge in [-0.1, -0.05) is 15.9 Å². The molecular weight excluding hydrogens is 444 g/mol. The minimum atomic E-state index is -4.16. The molecule has 10 heteroatoms. The second kappa shape index (κ2) is 7.47. The standard InChI is InChI=1S/C16H15BrN2O5S2/c1-24-16(21)11-8-10(17)5-6-14(11)26(22,23)19-18-15(20)13-7-9-3-2-4-12(9)25-13/h5-8,19H,2-4H2,1H3,(H,18,20). The fourth-order valence-corrected chi connectivity index (χ4v) is 5.20. The van der Waals surface area contributed by atoms with Crippen LogP contribution in [0.25, 0.3) is 0 Å².